The van der Waals surface area contributed by atoms with Gasteiger partial charge in [-0.1, -0.05) is 38.0 Å². The summed E-state index contributed by atoms with van der Waals surface area (Å²) in [5, 5.41) is 1.83. The van der Waals surface area contributed by atoms with Crippen molar-refractivity contribution in [2.75, 3.05) is 10.6 Å². The highest BCUT2D eigenvalue weighted by molar-refractivity contribution is 6.21. The van der Waals surface area contributed by atoms with E-state index in [1.807, 2.05) is 17.4 Å². The van der Waals surface area contributed by atoms with Crippen molar-refractivity contribution in [2.24, 2.45) is 5.89 Å². The Hall–Kier alpha value is -2.82. The highest BCUT2D eigenvalue weighted by Gasteiger charge is 2.40. The normalized spacial score (nSPS) is 26.9. The van der Waals surface area contributed by atoms with Crippen LogP contribution >= 0.6 is 0 Å². The van der Waals surface area contributed by atoms with E-state index in [1.54, 1.807) is 24.3 Å². The summed E-state index contributed by atoms with van der Waals surface area (Å²) >= 11 is 0. The highest BCUT2D eigenvalue weighted by atomic mass is 16.2. The molecule has 0 radical (unpaired) electrons. The first-order valence-electron chi connectivity index (χ1n) is 11.2. The Kier molecular flexibility index (Phi) is 2.35. The van der Waals surface area contributed by atoms with Crippen molar-refractivity contribution in [2.45, 2.75) is 26.1 Å². The lowest BCUT2D eigenvalue weighted by Gasteiger charge is -2.15. The van der Waals surface area contributed by atoms with Crippen molar-refractivity contribution in [1.82, 2.24) is 5.32 Å². The Bertz CT molecular complexity index is 1020. The van der Waals surface area contributed by atoms with Gasteiger partial charge in [0.25, 0.3) is 5.91 Å². The summed E-state index contributed by atoms with van der Waals surface area (Å²) in [5.41, 5.74) is 8.12. The largest absolute Gasteiger partial charge is 0.399 e. The van der Waals surface area contributed by atoms with Crippen LogP contribution in [0.25, 0.3) is 0 Å². The zero-order valence-electron chi connectivity index (χ0n) is 20.7. The SMILES string of the molecule is [2H]C([2H])([2H])C([2H])(C([2H])([2H])[2H])C1([2H])NC(=O)N(c2ccc(Cc3ccc(N)cc3)cc2)C1=O. The Morgan fingerprint density at radius 3 is 2.33 bits per heavy atom. The van der Waals surface area contributed by atoms with E-state index in [0.717, 1.165) is 11.1 Å². The average molecular weight is 331 g/mol. The molecule has 1 saturated heterocycles. The third kappa shape index (κ3) is 3.11. The van der Waals surface area contributed by atoms with Gasteiger partial charge >= 0.3 is 6.03 Å². The van der Waals surface area contributed by atoms with Crippen LogP contribution in [0.5, 0.6) is 0 Å². The zero-order valence-corrected chi connectivity index (χ0v) is 12.7. The van der Waals surface area contributed by atoms with E-state index >= 15 is 0 Å². The van der Waals surface area contributed by atoms with E-state index in [0.29, 0.717) is 17.0 Å². The fourth-order valence-corrected chi connectivity index (χ4v) is 2.46. The number of carbonyl (C=O) groups is 2. The van der Waals surface area contributed by atoms with Gasteiger partial charge in [0.05, 0.1) is 7.06 Å². The van der Waals surface area contributed by atoms with Crippen LogP contribution in [0, 0.1) is 5.89 Å². The van der Waals surface area contributed by atoms with Crippen LogP contribution in [-0.4, -0.2) is 18.0 Å². The summed E-state index contributed by atoms with van der Waals surface area (Å²) in [6.45, 7) is -7.14. The summed E-state index contributed by atoms with van der Waals surface area (Å²) in [6.07, 6.45) is 0.539. The summed E-state index contributed by atoms with van der Waals surface area (Å²) in [7, 11) is 0. The maximum absolute atomic E-state index is 13.0. The van der Waals surface area contributed by atoms with Gasteiger partial charge in [0.2, 0.25) is 0 Å². The smallest absolute Gasteiger partial charge is 0.329 e. The first-order chi connectivity index (χ1) is 14.6. The average Bonchev–Trinajstić information content (AvgIpc) is 2.91. The molecule has 3 N–H and O–H groups in total. The quantitative estimate of drug-likeness (QED) is 0.668. The number of anilines is 2. The lowest BCUT2D eigenvalue weighted by Crippen LogP contribution is -2.34. The predicted octanol–water partition coefficient (Wildman–Crippen LogP) is 2.94. The molecule has 5 heteroatoms. The van der Waals surface area contributed by atoms with Crippen molar-refractivity contribution in [1.29, 1.82) is 0 Å². The van der Waals surface area contributed by atoms with Crippen LogP contribution in [0.2, 0.25) is 0 Å². The van der Waals surface area contributed by atoms with Crippen LogP contribution in [0.15, 0.2) is 48.5 Å². The lowest BCUT2D eigenvalue weighted by atomic mass is 10.0. The van der Waals surface area contributed by atoms with Crippen molar-refractivity contribution >= 4 is 23.3 Å². The maximum atomic E-state index is 13.0. The standard InChI is InChI=1S/C19H21N3O2/c1-12(2)17-18(23)22(19(24)21-17)16-9-5-14(6-10-16)11-13-3-7-15(20)8-4-13/h3-10,12,17H,11,20H2,1-2H3,(H,21,24)/i1D3,2D3,12D,17D. The number of hydrogen-bond acceptors (Lipinski definition) is 3. The second-order valence-corrected chi connectivity index (χ2v) is 5.41. The molecule has 1 heterocycles. The second-order valence-electron chi connectivity index (χ2n) is 5.41. The number of nitrogens with one attached hydrogen (secondary N) is 1. The number of urea groups is 1. The molecule has 24 heavy (non-hydrogen) atoms. The van der Waals surface area contributed by atoms with Gasteiger partial charge in [-0.2, -0.15) is 0 Å². The first kappa shape index (κ1) is 8.87. The molecule has 1 aliphatic heterocycles. The van der Waals surface area contributed by atoms with Gasteiger partial charge in [-0.25, -0.2) is 9.69 Å². The molecular formula is C19H21N3O2. The van der Waals surface area contributed by atoms with Gasteiger partial charge < -0.3 is 11.1 Å². The summed E-state index contributed by atoms with van der Waals surface area (Å²) in [5.74, 6) is -5.04. The molecular weight excluding hydrogens is 302 g/mol. The molecule has 1 unspecified atom stereocenters. The molecule has 3 rings (SSSR count). The molecule has 0 bridgehead atoms. The number of amides is 3. The molecule has 0 aromatic heterocycles. The van der Waals surface area contributed by atoms with Crippen LogP contribution in [0.4, 0.5) is 16.2 Å². The molecule has 124 valence electrons. The molecule has 0 spiro atoms. The molecule has 2 aromatic carbocycles. The maximum Gasteiger partial charge on any atom is 0.329 e. The summed E-state index contributed by atoms with van der Waals surface area (Å²) in [4.78, 5) is 26.0. The number of imide groups is 1. The van der Waals surface area contributed by atoms with E-state index in [4.69, 9.17) is 16.7 Å². The Morgan fingerprint density at radius 2 is 1.75 bits per heavy atom. The third-order valence-electron chi connectivity index (χ3n) is 3.68. The van der Waals surface area contributed by atoms with Gasteiger partial charge in [0.15, 0.2) is 0 Å². The molecule has 3 amide bonds. The van der Waals surface area contributed by atoms with E-state index in [1.165, 1.54) is 12.1 Å². The molecule has 0 saturated carbocycles. The molecule has 1 fully saturated rings. The minimum absolute atomic E-state index is 0.0149. The lowest BCUT2D eigenvalue weighted by molar-refractivity contribution is -0.119. The third-order valence-corrected chi connectivity index (χ3v) is 3.68. The molecule has 1 aliphatic rings. The van der Waals surface area contributed by atoms with Crippen LogP contribution < -0.4 is 16.0 Å². The minimum Gasteiger partial charge on any atom is -0.399 e. The number of hydrogen-bond donors (Lipinski definition) is 2. The van der Waals surface area contributed by atoms with E-state index in [-0.39, 0.29) is 5.69 Å². The van der Waals surface area contributed by atoms with Gasteiger partial charge in [0.1, 0.15) is 6.02 Å². The topological polar surface area (TPSA) is 75.4 Å². The molecule has 0 aliphatic carbocycles. The summed E-state index contributed by atoms with van der Waals surface area (Å²) in [6, 6.07) is 8.92. The molecule has 1 atom stereocenters. The van der Waals surface area contributed by atoms with Crippen molar-refractivity contribution in [3.63, 3.8) is 0 Å². The van der Waals surface area contributed by atoms with Crippen LogP contribution in [0.3, 0.4) is 0 Å². The predicted molar refractivity (Wildman–Crippen MR) is 94.7 cm³/mol. The van der Waals surface area contributed by atoms with E-state index in [2.05, 4.69) is 0 Å². The minimum atomic E-state index is -3.59. The zero-order chi connectivity index (χ0) is 24.1. The monoisotopic (exact) mass is 331 g/mol. The van der Waals surface area contributed by atoms with E-state index < -0.39 is 37.6 Å². The Labute approximate surface area is 152 Å². The molecule has 5 nitrogen and oxygen atoms in total. The summed E-state index contributed by atoms with van der Waals surface area (Å²) < 4.78 is 61.8. The Balaban J connectivity index is 1.92. The van der Waals surface area contributed by atoms with Crippen molar-refractivity contribution < 1.29 is 20.6 Å². The van der Waals surface area contributed by atoms with Gasteiger partial charge in [0, 0.05) is 15.3 Å². The number of nitrogens with zero attached hydrogens (tertiary/aromatic N) is 1. The number of carbonyl (C=O) groups excluding carboxylic acids is 2. The highest BCUT2D eigenvalue weighted by Crippen LogP contribution is 2.23. The number of nitrogens with two attached hydrogens (primary N) is 1. The molecule has 2 aromatic rings. The van der Waals surface area contributed by atoms with Crippen LogP contribution in [-0.2, 0) is 11.2 Å². The fourth-order valence-electron chi connectivity index (χ4n) is 2.46. The van der Waals surface area contributed by atoms with Gasteiger partial charge in [-0.05, 0) is 47.7 Å². The van der Waals surface area contributed by atoms with Gasteiger partial charge in [-0.15, -0.1) is 0 Å². The van der Waals surface area contributed by atoms with Gasteiger partial charge in [-0.3, -0.25) is 4.79 Å². The number of rotatable bonds is 4. The Morgan fingerprint density at radius 1 is 1.17 bits per heavy atom. The number of nitrogen functional groups attached to an aromatic ring is 1. The van der Waals surface area contributed by atoms with Crippen LogP contribution in [0.1, 0.15) is 35.8 Å². The second kappa shape index (κ2) is 6.35. The first-order valence-corrected chi connectivity index (χ1v) is 7.22. The fraction of sp³-hybridized carbons (Fsp3) is 0.263. The van der Waals surface area contributed by atoms with E-state index in [9.17, 15) is 9.59 Å². The van der Waals surface area contributed by atoms with Crippen molar-refractivity contribution in [3.8, 4) is 0 Å². The number of benzene rings is 2. The van der Waals surface area contributed by atoms with Crippen molar-refractivity contribution in [3.05, 3.63) is 59.7 Å².